The second-order valence-electron chi connectivity index (χ2n) is 4.83. The van der Waals surface area contributed by atoms with Gasteiger partial charge in [-0.1, -0.05) is 6.92 Å². The zero-order valence-electron chi connectivity index (χ0n) is 10.9. The molecule has 0 amide bonds. The van der Waals surface area contributed by atoms with Crippen LogP contribution in [-0.2, 0) is 4.74 Å². The summed E-state index contributed by atoms with van der Waals surface area (Å²) in [7, 11) is 0. The van der Waals surface area contributed by atoms with Crippen molar-refractivity contribution in [1.82, 2.24) is 5.32 Å². The van der Waals surface area contributed by atoms with Gasteiger partial charge in [0.2, 0.25) is 0 Å². The van der Waals surface area contributed by atoms with Crippen LogP contribution in [0.4, 0.5) is 8.78 Å². The average Bonchev–Trinajstić information content (AvgIpc) is 2.87. The van der Waals surface area contributed by atoms with Crippen LogP contribution in [0.25, 0.3) is 0 Å². The van der Waals surface area contributed by atoms with Gasteiger partial charge >= 0.3 is 0 Å². The molecule has 106 valence electrons. The first-order valence-corrected chi connectivity index (χ1v) is 7.37. The molecule has 0 saturated carbocycles. The van der Waals surface area contributed by atoms with E-state index < -0.39 is 11.6 Å². The molecule has 5 heteroatoms. The lowest BCUT2D eigenvalue weighted by Gasteiger charge is -2.22. The molecule has 0 radical (unpaired) electrons. The molecule has 1 N–H and O–H groups in total. The van der Waals surface area contributed by atoms with E-state index in [0.29, 0.717) is 30.0 Å². The maximum absolute atomic E-state index is 14.2. The van der Waals surface area contributed by atoms with E-state index in [0.717, 1.165) is 13.0 Å². The third-order valence-corrected chi connectivity index (χ3v) is 4.08. The first-order valence-electron chi connectivity index (χ1n) is 6.58. The molecule has 0 bridgehead atoms. The molecule has 19 heavy (non-hydrogen) atoms. The van der Waals surface area contributed by atoms with Crippen molar-refractivity contribution in [3.8, 4) is 0 Å². The fraction of sp³-hybridized carbons (Fsp3) is 0.571. The van der Waals surface area contributed by atoms with Crippen molar-refractivity contribution < 1.29 is 13.5 Å². The molecule has 1 aromatic carbocycles. The zero-order chi connectivity index (χ0) is 13.8. The van der Waals surface area contributed by atoms with Gasteiger partial charge in [-0.25, -0.2) is 8.78 Å². The van der Waals surface area contributed by atoms with Crippen molar-refractivity contribution in [3.05, 3.63) is 33.8 Å². The number of hydrogen-bond acceptors (Lipinski definition) is 2. The minimum atomic E-state index is -0.509. The smallest absolute Gasteiger partial charge is 0.145 e. The lowest BCUT2D eigenvalue weighted by atomic mass is 9.93. The van der Waals surface area contributed by atoms with Gasteiger partial charge in [0.15, 0.2) is 0 Å². The molecule has 0 aliphatic carbocycles. The summed E-state index contributed by atoms with van der Waals surface area (Å²) in [6.45, 7) is 4.03. The van der Waals surface area contributed by atoms with E-state index in [9.17, 15) is 8.78 Å². The van der Waals surface area contributed by atoms with Crippen LogP contribution in [0.3, 0.4) is 0 Å². The van der Waals surface area contributed by atoms with Crippen LogP contribution >= 0.6 is 15.9 Å². The monoisotopic (exact) mass is 333 g/mol. The Morgan fingerprint density at radius 3 is 2.89 bits per heavy atom. The third-order valence-electron chi connectivity index (χ3n) is 3.47. The van der Waals surface area contributed by atoms with Crippen molar-refractivity contribution in [2.24, 2.45) is 5.92 Å². The average molecular weight is 334 g/mol. The van der Waals surface area contributed by atoms with Crippen LogP contribution in [0.1, 0.15) is 31.4 Å². The molecular formula is C14H18BrF2NO. The SMILES string of the molecule is CCNC(CC1CCOC1)c1c(F)ccc(Br)c1F. The van der Waals surface area contributed by atoms with Gasteiger partial charge in [-0.3, -0.25) is 0 Å². The van der Waals surface area contributed by atoms with Crippen molar-refractivity contribution in [1.29, 1.82) is 0 Å². The summed E-state index contributed by atoms with van der Waals surface area (Å²) in [6, 6.07) is 2.39. The van der Waals surface area contributed by atoms with Crippen LogP contribution in [0, 0.1) is 17.6 Å². The largest absolute Gasteiger partial charge is 0.381 e. The van der Waals surface area contributed by atoms with Crippen LogP contribution in [0.5, 0.6) is 0 Å². The van der Waals surface area contributed by atoms with Gasteiger partial charge in [0.05, 0.1) is 4.47 Å². The first kappa shape index (κ1) is 14.9. The maximum Gasteiger partial charge on any atom is 0.145 e. The molecule has 2 unspecified atom stereocenters. The van der Waals surface area contributed by atoms with Gasteiger partial charge in [-0.2, -0.15) is 0 Å². The Hall–Kier alpha value is -0.520. The highest BCUT2D eigenvalue weighted by Crippen LogP contribution is 2.32. The second kappa shape index (κ2) is 6.77. The topological polar surface area (TPSA) is 21.3 Å². The summed E-state index contributed by atoms with van der Waals surface area (Å²) in [4.78, 5) is 0. The normalized spacial score (nSPS) is 20.7. The van der Waals surface area contributed by atoms with Crippen LogP contribution < -0.4 is 5.32 Å². The Balaban J connectivity index is 2.24. The Bertz CT molecular complexity index is 436. The molecule has 1 fully saturated rings. The van der Waals surface area contributed by atoms with Gasteiger partial charge in [0, 0.05) is 24.8 Å². The molecule has 0 aromatic heterocycles. The highest BCUT2D eigenvalue weighted by atomic mass is 79.9. The summed E-state index contributed by atoms with van der Waals surface area (Å²) in [5.41, 5.74) is 0.128. The van der Waals surface area contributed by atoms with Gasteiger partial charge in [-0.05, 0) is 53.4 Å². The van der Waals surface area contributed by atoms with Gasteiger partial charge in [0.1, 0.15) is 11.6 Å². The number of nitrogens with one attached hydrogen (secondary N) is 1. The fourth-order valence-corrected chi connectivity index (χ4v) is 2.86. The first-order chi connectivity index (χ1) is 9.13. The Labute approximate surface area is 120 Å². The fourth-order valence-electron chi connectivity index (χ4n) is 2.51. The van der Waals surface area contributed by atoms with Gasteiger partial charge < -0.3 is 10.1 Å². The summed E-state index contributed by atoms with van der Waals surface area (Å²) >= 11 is 3.12. The molecule has 1 heterocycles. The standard InChI is InChI=1S/C14H18BrF2NO/c1-2-18-12(7-9-5-6-19-8-9)13-11(16)4-3-10(15)14(13)17/h3-4,9,12,18H,2,5-8H2,1H3. The summed E-state index contributed by atoms with van der Waals surface area (Å²) in [6.07, 6.45) is 1.65. The number of hydrogen-bond donors (Lipinski definition) is 1. The minimum absolute atomic E-state index is 0.128. The van der Waals surface area contributed by atoms with E-state index in [4.69, 9.17) is 4.74 Å². The molecule has 1 aromatic rings. The van der Waals surface area contributed by atoms with E-state index in [1.807, 2.05) is 6.92 Å². The van der Waals surface area contributed by atoms with E-state index in [1.165, 1.54) is 12.1 Å². The molecule has 1 saturated heterocycles. The predicted octanol–water partition coefficient (Wildman–Crippen LogP) is 3.80. The molecule has 0 spiro atoms. The Morgan fingerprint density at radius 2 is 2.26 bits per heavy atom. The highest BCUT2D eigenvalue weighted by Gasteiger charge is 2.26. The van der Waals surface area contributed by atoms with Crippen molar-refractivity contribution in [2.45, 2.75) is 25.8 Å². The molecule has 1 aliphatic rings. The number of halogens is 3. The third kappa shape index (κ3) is 3.52. The predicted molar refractivity (Wildman–Crippen MR) is 74.0 cm³/mol. The lowest BCUT2D eigenvalue weighted by molar-refractivity contribution is 0.181. The van der Waals surface area contributed by atoms with Gasteiger partial charge in [-0.15, -0.1) is 0 Å². The van der Waals surface area contributed by atoms with E-state index in [1.54, 1.807) is 0 Å². The van der Waals surface area contributed by atoms with Crippen molar-refractivity contribution in [3.63, 3.8) is 0 Å². The van der Waals surface area contributed by atoms with Crippen molar-refractivity contribution in [2.75, 3.05) is 19.8 Å². The molecule has 2 atom stereocenters. The Morgan fingerprint density at radius 1 is 1.47 bits per heavy atom. The molecular weight excluding hydrogens is 316 g/mol. The van der Waals surface area contributed by atoms with Crippen molar-refractivity contribution >= 4 is 15.9 Å². The number of rotatable bonds is 5. The van der Waals surface area contributed by atoms with E-state index in [-0.39, 0.29) is 11.6 Å². The molecule has 2 nitrogen and oxygen atoms in total. The summed E-state index contributed by atoms with van der Waals surface area (Å²) in [5, 5.41) is 3.18. The van der Waals surface area contributed by atoms with Crippen LogP contribution in [0.15, 0.2) is 16.6 Å². The second-order valence-corrected chi connectivity index (χ2v) is 5.69. The minimum Gasteiger partial charge on any atom is -0.381 e. The number of ether oxygens (including phenoxy) is 1. The lowest BCUT2D eigenvalue weighted by Crippen LogP contribution is -2.25. The van der Waals surface area contributed by atoms with Crippen LogP contribution in [-0.4, -0.2) is 19.8 Å². The summed E-state index contributed by atoms with van der Waals surface area (Å²) < 4.78 is 33.7. The highest BCUT2D eigenvalue weighted by molar-refractivity contribution is 9.10. The number of benzene rings is 1. The molecule has 2 rings (SSSR count). The molecule has 1 aliphatic heterocycles. The van der Waals surface area contributed by atoms with E-state index >= 15 is 0 Å². The van der Waals surface area contributed by atoms with Crippen LogP contribution in [0.2, 0.25) is 0 Å². The zero-order valence-corrected chi connectivity index (χ0v) is 12.5. The summed E-state index contributed by atoms with van der Waals surface area (Å²) in [5.74, 6) is -0.641. The Kier molecular flexibility index (Phi) is 5.30. The van der Waals surface area contributed by atoms with E-state index in [2.05, 4.69) is 21.2 Å². The maximum atomic E-state index is 14.2. The van der Waals surface area contributed by atoms with Gasteiger partial charge in [0.25, 0.3) is 0 Å². The quantitative estimate of drug-likeness (QED) is 0.827.